The Kier molecular flexibility index (Phi) is 4.74. The van der Waals surface area contributed by atoms with E-state index in [0.717, 1.165) is 28.0 Å². The van der Waals surface area contributed by atoms with Crippen LogP contribution >= 0.6 is 0 Å². The fraction of sp³-hybridized carbons (Fsp3) is 0.0455. The molecule has 0 aliphatic rings. The molecule has 0 fully saturated rings. The van der Waals surface area contributed by atoms with Gasteiger partial charge in [-0.05, 0) is 46.5 Å². The van der Waals surface area contributed by atoms with E-state index in [2.05, 4.69) is 12.6 Å². The van der Waals surface area contributed by atoms with Gasteiger partial charge in [0.2, 0.25) is 0 Å². The highest BCUT2D eigenvalue weighted by molar-refractivity contribution is 5.65. The number of benzene rings is 3. The highest BCUT2D eigenvalue weighted by Gasteiger charge is 2.00. The SMILES string of the molecule is C=Cc1ccc(COc2ccc(-c3ccc(C#N)cc3)cc2)cc1. The second-order valence-electron chi connectivity index (χ2n) is 5.45. The average molecular weight is 311 g/mol. The van der Waals surface area contributed by atoms with Crippen molar-refractivity contribution in [2.24, 2.45) is 0 Å². The molecule has 116 valence electrons. The van der Waals surface area contributed by atoms with E-state index in [4.69, 9.17) is 10.00 Å². The molecule has 0 bridgehead atoms. The Labute approximate surface area is 142 Å². The van der Waals surface area contributed by atoms with E-state index < -0.39 is 0 Å². The molecule has 0 atom stereocenters. The molecule has 3 aromatic rings. The molecule has 24 heavy (non-hydrogen) atoms. The zero-order valence-electron chi connectivity index (χ0n) is 13.3. The van der Waals surface area contributed by atoms with E-state index in [0.29, 0.717) is 12.2 Å². The summed E-state index contributed by atoms with van der Waals surface area (Å²) in [6.45, 7) is 4.29. The molecule has 0 N–H and O–H groups in total. The fourth-order valence-corrected chi connectivity index (χ4v) is 2.40. The van der Waals surface area contributed by atoms with Gasteiger partial charge in [-0.3, -0.25) is 0 Å². The van der Waals surface area contributed by atoms with Crippen molar-refractivity contribution in [3.05, 3.63) is 96.1 Å². The van der Waals surface area contributed by atoms with Crippen LogP contribution in [0.25, 0.3) is 17.2 Å². The molecule has 0 unspecified atom stereocenters. The third-order valence-corrected chi connectivity index (χ3v) is 3.82. The van der Waals surface area contributed by atoms with Crippen molar-refractivity contribution in [3.8, 4) is 22.9 Å². The van der Waals surface area contributed by atoms with E-state index in [-0.39, 0.29) is 0 Å². The summed E-state index contributed by atoms with van der Waals surface area (Å²) in [6, 6.07) is 25.8. The Balaban J connectivity index is 1.65. The zero-order chi connectivity index (χ0) is 16.8. The molecule has 0 saturated carbocycles. The Morgan fingerprint density at radius 3 is 1.96 bits per heavy atom. The summed E-state index contributed by atoms with van der Waals surface area (Å²) >= 11 is 0. The van der Waals surface area contributed by atoms with Gasteiger partial charge in [-0.2, -0.15) is 5.26 Å². The van der Waals surface area contributed by atoms with Gasteiger partial charge in [0.15, 0.2) is 0 Å². The molecule has 0 heterocycles. The van der Waals surface area contributed by atoms with Crippen LogP contribution in [0.4, 0.5) is 0 Å². The molecule has 0 saturated heterocycles. The molecule has 0 aromatic heterocycles. The Morgan fingerprint density at radius 2 is 1.42 bits per heavy atom. The normalized spacial score (nSPS) is 9.96. The van der Waals surface area contributed by atoms with Gasteiger partial charge in [-0.25, -0.2) is 0 Å². The van der Waals surface area contributed by atoms with Crippen molar-refractivity contribution in [1.82, 2.24) is 0 Å². The molecule has 0 aliphatic carbocycles. The number of hydrogen-bond donors (Lipinski definition) is 0. The average Bonchev–Trinajstić information content (AvgIpc) is 2.67. The summed E-state index contributed by atoms with van der Waals surface area (Å²) in [6.07, 6.45) is 1.83. The van der Waals surface area contributed by atoms with Crippen LogP contribution in [0.5, 0.6) is 5.75 Å². The van der Waals surface area contributed by atoms with Crippen molar-refractivity contribution >= 4 is 6.08 Å². The highest BCUT2D eigenvalue weighted by Crippen LogP contribution is 2.23. The van der Waals surface area contributed by atoms with Gasteiger partial charge in [-0.15, -0.1) is 0 Å². The first-order valence-corrected chi connectivity index (χ1v) is 7.73. The number of nitriles is 1. The lowest BCUT2D eigenvalue weighted by Gasteiger charge is -2.08. The molecule has 2 nitrogen and oxygen atoms in total. The molecular weight excluding hydrogens is 294 g/mol. The molecule has 2 heteroatoms. The van der Waals surface area contributed by atoms with Crippen LogP contribution in [0.1, 0.15) is 16.7 Å². The van der Waals surface area contributed by atoms with Crippen LogP contribution in [0.2, 0.25) is 0 Å². The van der Waals surface area contributed by atoms with Crippen molar-refractivity contribution in [1.29, 1.82) is 5.26 Å². The topological polar surface area (TPSA) is 33.0 Å². The standard InChI is InChI=1S/C22H17NO/c1-2-17-3-5-19(6-4-17)16-24-22-13-11-21(12-14-22)20-9-7-18(15-23)8-10-20/h2-14H,1,16H2. The van der Waals surface area contributed by atoms with Crippen LogP contribution in [0, 0.1) is 11.3 Å². The van der Waals surface area contributed by atoms with Crippen LogP contribution in [0.3, 0.4) is 0 Å². The lowest BCUT2D eigenvalue weighted by molar-refractivity contribution is 0.306. The van der Waals surface area contributed by atoms with Crippen molar-refractivity contribution in [3.63, 3.8) is 0 Å². The lowest BCUT2D eigenvalue weighted by Crippen LogP contribution is -1.95. The van der Waals surface area contributed by atoms with Gasteiger partial charge in [0.25, 0.3) is 0 Å². The summed E-state index contributed by atoms with van der Waals surface area (Å²) in [4.78, 5) is 0. The van der Waals surface area contributed by atoms with E-state index in [1.165, 1.54) is 0 Å². The smallest absolute Gasteiger partial charge is 0.119 e. The van der Waals surface area contributed by atoms with Gasteiger partial charge in [0.05, 0.1) is 11.6 Å². The summed E-state index contributed by atoms with van der Waals surface area (Å²) in [5, 5.41) is 8.85. The molecule has 3 rings (SSSR count). The minimum Gasteiger partial charge on any atom is -0.489 e. The van der Waals surface area contributed by atoms with Gasteiger partial charge in [0.1, 0.15) is 12.4 Å². The van der Waals surface area contributed by atoms with Crippen LogP contribution in [-0.2, 0) is 6.61 Å². The second kappa shape index (κ2) is 7.30. The maximum absolute atomic E-state index is 8.85. The van der Waals surface area contributed by atoms with E-state index >= 15 is 0 Å². The first-order chi connectivity index (χ1) is 11.8. The van der Waals surface area contributed by atoms with Gasteiger partial charge >= 0.3 is 0 Å². The predicted octanol–water partition coefficient (Wildman–Crippen LogP) is 5.45. The first kappa shape index (κ1) is 15.6. The molecule has 0 radical (unpaired) electrons. The van der Waals surface area contributed by atoms with Gasteiger partial charge < -0.3 is 4.74 Å². The van der Waals surface area contributed by atoms with Crippen LogP contribution < -0.4 is 4.74 Å². The zero-order valence-corrected chi connectivity index (χ0v) is 13.3. The number of hydrogen-bond acceptors (Lipinski definition) is 2. The molecule has 0 amide bonds. The molecule has 0 aliphatic heterocycles. The summed E-state index contributed by atoms with van der Waals surface area (Å²) in [5.74, 6) is 0.834. The Bertz CT molecular complexity index is 854. The summed E-state index contributed by atoms with van der Waals surface area (Å²) in [5.41, 5.74) is 5.08. The lowest BCUT2D eigenvalue weighted by atomic mass is 10.0. The largest absolute Gasteiger partial charge is 0.489 e. The third-order valence-electron chi connectivity index (χ3n) is 3.82. The van der Waals surface area contributed by atoms with Crippen LogP contribution in [0.15, 0.2) is 79.4 Å². The summed E-state index contributed by atoms with van der Waals surface area (Å²) < 4.78 is 5.82. The van der Waals surface area contributed by atoms with Crippen molar-refractivity contribution < 1.29 is 4.74 Å². The quantitative estimate of drug-likeness (QED) is 0.628. The highest BCUT2D eigenvalue weighted by atomic mass is 16.5. The number of nitrogens with zero attached hydrogens (tertiary/aromatic N) is 1. The van der Waals surface area contributed by atoms with E-state index in [9.17, 15) is 0 Å². The molecule has 0 spiro atoms. The van der Waals surface area contributed by atoms with Gasteiger partial charge in [0, 0.05) is 0 Å². The number of ether oxygens (including phenoxy) is 1. The second-order valence-corrected chi connectivity index (χ2v) is 5.45. The monoisotopic (exact) mass is 311 g/mol. The summed E-state index contributed by atoms with van der Waals surface area (Å²) in [7, 11) is 0. The Hall–Kier alpha value is -3.31. The minimum atomic E-state index is 0.535. The third kappa shape index (κ3) is 3.71. The van der Waals surface area contributed by atoms with E-state index in [1.54, 1.807) is 0 Å². The fourth-order valence-electron chi connectivity index (χ4n) is 2.40. The van der Waals surface area contributed by atoms with Crippen molar-refractivity contribution in [2.75, 3.05) is 0 Å². The maximum atomic E-state index is 8.85. The first-order valence-electron chi connectivity index (χ1n) is 7.73. The van der Waals surface area contributed by atoms with Crippen molar-refractivity contribution in [2.45, 2.75) is 6.61 Å². The minimum absolute atomic E-state index is 0.535. The molecular formula is C22H17NO. The Morgan fingerprint density at radius 1 is 0.833 bits per heavy atom. The molecule has 3 aromatic carbocycles. The maximum Gasteiger partial charge on any atom is 0.119 e. The van der Waals surface area contributed by atoms with E-state index in [1.807, 2.05) is 78.9 Å². The van der Waals surface area contributed by atoms with Crippen LogP contribution in [-0.4, -0.2) is 0 Å². The number of rotatable bonds is 5. The van der Waals surface area contributed by atoms with Gasteiger partial charge in [-0.1, -0.05) is 61.2 Å². The predicted molar refractivity (Wildman–Crippen MR) is 97.5 cm³/mol.